The van der Waals surface area contributed by atoms with Gasteiger partial charge in [0.15, 0.2) is 5.82 Å². The number of carbonyl (C=O) groups excluding carboxylic acids is 1. The second-order valence-electron chi connectivity index (χ2n) is 9.57. The van der Waals surface area contributed by atoms with E-state index in [4.69, 9.17) is 16.3 Å². The monoisotopic (exact) mass is 616 g/mol. The molecule has 1 aromatic heterocycles. The molecule has 0 aliphatic heterocycles. The zero-order valence-corrected chi connectivity index (χ0v) is 26.2. The predicted molar refractivity (Wildman–Crippen MR) is 172 cm³/mol. The van der Waals surface area contributed by atoms with E-state index >= 15 is 0 Å². The molecule has 1 heterocycles. The number of ether oxygens (including phenoxy) is 1. The lowest BCUT2D eigenvalue weighted by atomic mass is 10.2. The number of halogens is 1. The molecule has 0 spiro atoms. The molecule has 2 aromatic carbocycles. The number of nitrogens with one attached hydrogen (secondary N) is 3. The van der Waals surface area contributed by atoms with Crippen LogP contribution in [0.1, 0.15) is 6.92 Å². The number of hydrogen-bond acceptors (Lipinski definition) is 10. The number of sulfonamides is 1. The Labute approximate surface area is 252 Å². The first-order valence-electron chi connectivity index (χ1n) is 13.0. The van der Waals surface area contributed by atoms with Crippen molar-refractivity contribution in [3.05, 3.63) is 60.3 Å². The van der Waals surface area contributed by atoms with E-state index in [-0.39, 0.29) is 29.2 Å². The first-order valence-corrected chi connectivity index (χ1v) is 15.2. The van der Waals surface area contributed by atoms with Crippen LogP contribution < -0.4 is 29.9 Å². The quantitative estimate of drug-likeness (QED) is 0.222. The summed E-state index contributed by atoms with van der Waals surface area (Å²) in [5.41, 5.74) is 2.71. The largest absolute Gasteiger partial charge is 0.494 e. The second kappa shape index (κ2) is 14.2. The first-order chi connectivity index (χ1) is 19.9. The molecule has 14 heteroatoms. The van der Waals surface area contributed by atoms with Crippen molar-refractivity contribution in [2.24, 2.45) is 0 Å². The summed E-state index contributed by atoms with van der Waals surface area (Å²) >= 11 is 6.43. The molecular formula is C28H37ClN8O4S. The third-order valence-corrected chi connectivity index (χ3v) is 7.69. The SMILES string of the molecule is C=CC(=O)Nc1cc(Nc2ncc(Cl)c(Nc3ccccc3N(CC)S(C)(=O)=O)n2)c(OC)cc1N(C)CCN(C)C. The molecule has 12 nitrogen and oxygen atoms in total. The normalized spacial score (nSPS) is 11.1. The maximum atomic E-state index is 12.4. The van der Waals surface area contributed by atoms with Crippen LogP contribution in [0, 0.1) is 0 Å². The van der Waals surface area contributed by atoms with Crippen molar-refractivity contribution in [1.82, 2.24) is 14.9 Å². The van der Waals surface area contributed by atoms with E-state index in [1.54, 1.807) is 44.4 Å². The summed E-state index contributed by atoms with van der Waals surface area (Å²) in [6, 6.07) is 10.5. The highest BCUT2D eigenvalue weighted by Crippen LogP contribution is 2.38. The summed E-state index contributed by atoms with van der Waals surface area (Å²) in [4.78, 5) is 25.2. The average molecular weight is 617 g/mol. The number of nitrogens with zero attached hydrogens (tertiary/aromatic N) is 5. The maximum Gasteiger partial charge on any atom is 0.247 e. The van der Waals surface area contributed by atoms with Crippen LogP contribution in [-0.2, 0) is 14.8 Å². The Hall–Kier alpha value is -4.07. The minimum absolute atomic E-state index is 0.183. The van der Waals surface area contributed by atoms with Gasteiger partial charge in [-0.3, -0.25) is 9.10 Å². The minimum atomic E-state index is -3.52. The number of likely N-dealkylation sites (N-methyl/N-ethyl adjacent to an activating group) is 2. The van der Waals surface area contributed by atoms with Gasteiger partial charge < -0.3 is 30.5 Å². The molecule has 0 bridgehead atoms. The molecular weight excluding hydrogens is 580 g/mol. The molecule has 0 fully saturated rings. The van der Waals surface area contributed by atoms with Gasteiger partial charge in [0, 0.05) is 32.7 Å². The lowest BCUT2D eigenvalue weighted by molar-refractivity contribution is -0.111. The number of rotatable bonds is 14. The Morgan fingerprint density at radius 1 is 1.07 bits per heavy atom. The van der Waals surface area contributed by atoms with E-state index in [9.17, 15) is 13.2 Å². The van der Waals surface area contributed by atoms with Gasteiger partial charge in [-0.1, -0.05) is 30.3 Å². The van der Waals surface area contributed by atoms with Crippen LogP contribution in [-0.4, -0.2) is 83.3 Å². The molecule has 0 aliphatic carbocycles. The van der Waals surface area contributed by atoms with Gasteiger partial charge in [0.25, 0.3) is 0 Å². The summed E-state index contributed by atoms with van der Waals surface area (Å²) in [6.07, 6.45) is 3.77. The van der Waals surface area contributed by atoms with Crippen molar-refractivity contribution in [1.29, 1.82) is 0 Å². The van der Waals surface area contributed by atoms with Crippen LogP contribution in [0.25, 0.3) is 0 Å². The third kappa shape index (κ3) is 8.24. The zero-order valence-electron chi connectivity index (χ0n) is 24.6. The summed E-state index contributed by atoms with van der Waals surface area (Å²) in [6.45, 7) is 7.05. The van der Waals surface area contributed by atoms with E-state index in [0.717, 1.165) is 18.5 Å². The van der Waals surface area contributed by atoms with Crippen molar-refractivity contribution >= 4 is 67.7 Å². The molecule has 0 saturated carbocycles. The summed E-state index contributed by atoms with van der Waals surface area (Å²) in [7, 11) is 3.92. The third-order valence-electron chi connectivity index (χ3n) is 6.16. The number of aromatic nitrogens is 2. The standard InChI is InChI=1S/C28H37ClN8O4S/c1-8-26(38)31-21-16-22(25(41-6)17-24(21)36(5)15-14-35(3)4)33-28-30-18-19(29)27(34-28)32-20-12-10-11-13-23(20)37(9-2)42(7,39)40/h8,10-13,16-18H,1,9,14-15H2,2-7H3,(H,31,38)(H2,30,32,33,34). The van der Waals surface area contributed by atoms with Crippen LogP contribution in [0.5, 0.6) is 5.75 Å². The minimum Gasteiger partial charge on any atom is -0.494 e. The predicted octanol–water partition coefficient (Wildman–Crippen LogP) is 4.53. The summed E-state index contributed by atoms with van der Waals surface area (Å²) < 4.78 is 31.7. The number of anilines is 7. The van der Waals surface area contributed by atoms with Crippen molar-refractivity contribution in [2.45, 2.75) is 6.92 Å². The molecule has 42 heavy (non-hydrogen) atoms. The fourth-order valence-corrected chi connectivity index (χ4v) is 5.17. The van der Waals surface area contributed by atoms with Crippen molar-refractivity contribution in [2.75, 3.05) is 79.3 Å². The number of carbonyl (C=O) groups is 1. The fourth-order valence-electron chi connectivity index (χ4n) is 4.05. The lowest BCUT2D eigenvalue weighted by Crippen LogP contribution is -2.30. The van der Waals surface area contributed by atoms with Crippen LogP contribution >= 0.6 is 11.6 Å². The first kappa shape index (κ1) is 32.4. The molecule has 3 N–H and O–H groups in total. The molecule has 226 valence electrons. The molecule has 3 rings (SSSR count). The molecule has 0 atom stereocenters. The Morgan fingerprint density at radius 2 is 1.79 bits per heavy atom. The van der Waals surface area contributed by atoms with Crippen molar-refractivity contribution in [3.8, 4) is 5.75 Å². The van der Waals surface area contributed by atoms with Crippen molar-refractivity contribution in [3.63, 3.8) is 0 Å². The smallest absolute Gasteiger partial charge is 0.247 e. The summed E-state index contributed by atoms with van der Waals surface area (Å²) in [5, 5.41) is 9.36. The molecule has 0 aliphatic rings. The highest BCUT2D eigenvalue weighted by Gasteiger charge is 2.20. The molecule has 1 amide bonds. The summed E-state index contributed by atoms with van der Waals surface area (Å²) in [5.74, 6) is 0.563. The van der Waals surface area contributed by atoms with Gasteiger partial charge in [-0.25, -0.2) is 13.4 Å². The van der Waals surface area contributed by atoms with Crippen LogP contribution in [0.3, 0.4) is 0 Å². The highest BCUT2D eigenvalue weighted by atomic mass is 35.5. The Morgan fingerprint density at radius 3 is 2.40 bits per heavy atom. The highest BCUT2D eigenvalue weighted by molar-refractivity contribution is 7.92. The zero-order chi connectivity index (χ0) is 31.0. The van der Waals surface area contributed by atoms with E-state index in [0.29, 0.717) is 35.0 Å². The van der Waals surface area contributed by atoms with Gasteiger partial charge >= 0.3 is 0 Å². The fraction of sp³-hybridized carbons (Fsp3) is 0.321. The Bertz CT molecular complexity index is 1530. The van der Waals surface area contributed by atoms with Crippen LogP contribution in [0.4, 0.5) is 40.2 Å². The molecule has 0 radical (unpaired) electrons. The van der Waals surface area contributed by atoms with E-state index in [2.05, 4.69) is 37.4 Å². The van der Waals surface area contributed by atoms with Gasteiger partial charge in [0.1, 0.15) is 10.8 Å². The van der Waals surface area contributed by atoms with Gasteiger partial charge in [0.05, 0.1) is 48.0 Å². The average Bonchev–Trinajstić information content (AvgIpc) is 2.94. The van der Waals surface area contributed by atoms with E-state index < -0.39 is 10.0 Å². The Kier molecular flexibility index (Phi) is 11.0. The topological polar surface area (TPSA) is 132 Å². The maximum absolute atomic E-state index is 12.4. The lowest BCUT2D eigenvalue weighted by Gasteiger charge is -2.26. The number of hydrogen-bond donors (Lipinski definition) is 3. The van der Waals surface area contributed by atoms with Gasteiger partial charge in [-0.2, -0.15) is 4.98 Å². The van der Waals surface area contributed by atoms with Gasteiger partial charge in [-0.05, 0) is 45.3 Å². The second-order valence-corrected chi connectivity index (χ2v) is 11.9. The number of benzene rings is 2. The Balaban J connectivity index is 2.00. The number of amides is 1. The number of para-hydroxylation sites is 2. The molecule has 0 unspecified atom stereocenters. The molecule has 3 aromatic rings. The van der Waals surface area contributed by atoms with Gasteiger partial charge in [-0.15, -0.1) is 0 Å². The van der Waals surface area contributed by atoms with E-state index in [1.807, 2.05) is 32.1 Å². The van der Waals surface area contributed by atoms with Crippen LogP contribution in [0.15, 0.2) is 55.3 Å². The van der Waals surface area contributed by atoms with Crippen LogP contribution in [0.2, 0.25) is 5.02 Å². The van der Waals surface area contributed by atoms with Gasteiger partial charge in [0.2, 0.25) is 21.9 Å². The van der Waals surface area contributed by atoms with E-state index in [1.165, 1.54) is 16.6 Å². The van der Waals surface area contributed by atoms with Crippen molar-refractivity contribution < 1.29 is 17.9 Å². The number of methoxy groups -OCH3 is 1. The molecule has 0 saturated heterocycles.